The molecular formula is C24H25N5O3. The Bertz CT molecular complexity index is 1090. The van der Waals surface area contributed by atoms with Gasteiger partial charge in [0.05, 0.1) is 5.69 Å². The third-order valence-electron chi connectivity index (χ3n) is 5.99. The van der Waals surface area contributed by atoms with Crippen molar-refractivity contribution in [1.29, 1.82) is 0 Å². The van der Waals surface area contributed by atoms with Crippen molar-refractivity contribution in [1.82, 2.24) is 20.6 Å². The predicted octanol–water partition coefficient (Wildman–Crippen LogP) is 4.41. The molecule has 1 saturated carbocycles. The fourth-order valence-electron chi connectivity index (χ4n) is 4.29. The predicted molar refractivity (Wildman–Crippen MR) is 119 cm³/mol. The van der Waals surface area contributed by atoms with Gasteiger partial charge in [-0.1, -0.05) is 49.6 Å². The summed E-state index contributed by atoms with van der Waals surface area (Å²) in [4.78, 5) is 12.6. The van der Waals surface area contributed by atoms with Crippen molar-refractivity contribution in [2.24, 2.45) is 0 Å². The van der Waals surface area contributed by atoms with Gasteiger partial charge in [0.2, 0.25) is 5.91 Å². The minimum Gasteiger partial charge on any atom is -0.485 e. The molecule has 8 heteroatoms. The summed E-state index contributed by atoms with van der Waals surface area (Å²) >= 11 is 0. The zero-order valence-electron chi connectivity index (χ0n) is 17.7. The number of ether oxygens (including phenoxy) is 2. The summed E-state index contributed by atoms with van der Waals surface area (Å²) < 4.78 is 11.8. The van der Waals surface area contributed by atoms with Crippen LogP contribution in [0.5, 0.6) is 11.5 Å². The van der Waals surface area contributed by atoms with Crippen molar-refractivity contribution in [2.45, 2.75) is 44.1 Å². The van der Waals surface area contributed by atoms with Gasteiger partial charge in [-0.05, 0) is 58.5 Å². The molecule has 3 aromatic rings. The number of carbonyl (C=O) groups is 1. The monoisotopic (exact) mass is 431 g/mol. The van der Waals surface area contributed by atoms with Crippen molar-refractivity contribution in [2.75, 3.05) is 11.9 Å². The summed E-state index contributed by atoms with van der Waals surface area (Å²) in [6, 6.07) is 13.9. The van der Waals surface area contributed by atoms with Gasteiger partial charge in [0.1, 0.15) is 6.61 Å². The number of aromatic nitrogens is 4. The molecule has 2 aliphatic rings. The topological polar surface area (TPSA) is 102 Å². The average molecular weight is 431 g/mol. The number of nitrogens with one attached hydrogen (secondary N) is 2. The first-order chi connectivity index (χ1) is 15.8. The number of hydrogen-bond donors (Lipinski definition) is 2. The molecule has 32 heavy (non-hydrogen) atoms. The molecule has 1 fully saturated rings. The van der Waals surface area contributed by atoms with Gasteiger partial charge in [0.15, 0.2) is 23.4 Å². The Morgan fingerprint density at radius 3 is 2.72 bits per heavy atom. The number of amides is 1. The van der Waals surface area contributed by atoms with E-state index in [2.05, 4.69) is 50.2 Å². The minimum atomic E-state index is -0.478. The number of hydrogen-bond acceptors (Lipinski definition) is 6. The Labute approximate surface area is 186 Å². The number of para-hydroxylation sites is 1. The number of nitrogens with zero attached hydrogens (tertiary/aromatic N) is 3. The van der Waals surface area contributed by atoms with Gasteiger partial charge >= 0.3 is 0 Å². The first-order valence-corrected chi connectivity index (χ1v) is 11.0. The molecule has 164 valence electrons. The average Bonchev–Trinajstić information content (AvgIpc) is 3.39. The lowest BCUT2D eigenvalue weighted by atomic mass is 9.84. The van der Waals surface area contributed by atoms with Crippen molar-refractivity contribution >= 4 is 17.7 Å². The van der Waals surface area contributed by atoms with Crippen molar-refractivity contribution in [3.8, 4) is 11.5 Å². The second kappa shape index (κ2) is 9.21. The molecule has 1 amide bonds. The molecule has 0 saturated heterocycles. The quantitative estimate of drug-likeness (QED) is 0.580. The fraction of sp³-hybridized carbons (Fsp3) is 0.333. The van der Waals surface area contributed by atoms with Crippen LogP contribution in [-0.4, -0.2) is 33.1 Å². The highest BCUT2D eigenvalue weighted by atomic mass is 16.6. The van der Waals surface area contributed by atoms with Gasteiger partial charge in [-0.15, -0.1) is 5.10 Å². The highest BCUT2D eigenvalue weighted by molar-refractivity contribution is 6.03. The third-order valence-corrected chi connectivity index (χ3v) is 5.99. The lowest BCUT2D eigenvalue weighted by Gasteiger charge is -2.26. The van der Waals surface area contributed by atoms with Crippen LogP contribution in [0.15, 0.2) is 48.5 Å². The number of aromatic amines is 1. The van der Waals surface area contributed by atoms with E-state index in [4.69, 9.17) is 9.47 Å². The molecule has 1 aromatic heterocycles. The van der Waals surface area contributed by atoms with E-state index in [1.165, 1.54) is 43.7 Å². The number of anilines is 1. The molecule has 2 heterocycles. The summed E-state index contributed by atoms with van der Waals surface area (Å²) in [5.41, 5.74) is 2.92. The van der Waals surface area contributed by atoms with Crippen LogP contribution in [0.2, 0.25) is 0 Å². The highest BCUT2D eigenvalue weighted by Gasteiger charge is 2.27. The molecule has 1 aliphatic heterocycles. The van der Waals surface area contributed by atoms with Crippen LogP contribution in [0.1, 0.15) is 61.1 Å². The second-order valence-electron chi connectivity index (χ2n) is 8.16. The van der Waals surface area contributed by atoms with Gasteiger partial charge in [0.25, 0.3) is 0 Å². The van der Waals surface area contributed by atoms with E-state index in [9.17, 15) is 4.79 Å². The van der Waals surface area contributed by atoms with E-state index in [-0.39, 0.29) is 12.5 Å². The molecule has 2 N–H and O–H groups in total. The molecule has 0 spiro atoms. The Kier molecular flexibility index (Phi) is 5.83. The van der Waals surface area contributed by atoms with E-state index >= 15 is 0 Å². The number of H-pyrrole nitrogens is 1. The van der Waals surface area contributed by atoms with Crippen molar-refractivity contribution < 1.29 is 14.3 Å². The maximum atomic E-state index is 12.6. The van der Waals surface area contributed by atoms with Crippen molar-refractivity contribution in [3.63, 3.8) is 0 Å². The summed E-state index contributed by atoms with van der Waals surface area (Å²) in [6.45, 7) is 0.276. The summed E-state index contributed by atoms with van der Waals surface area (Å²) in [5, 5.41) is 16.6. The van der Waals surface area contributed by atoms with Crippen LogP contribution in [0.4, 0.5) is 5.69 Å². The number of rotatable bonds is 5. The lowest BCUT2D eigenvalue weighted by Crippen LogP contribution is -2.24. The normalized spacial score (nSPS) is 18.6. The number of tetrazole rings is 1. The van der Waals surface area contributed by atoms with E-state index in [0.29, 0.717) is 28.9 Å². The Morgan fingerprint density at radius 2 is 1.94 bits per heavy atom. The van der Waals surface area contributed by atoms with Crippen LogP contribution >= 0.6 is 0 Å². The summed E-state index contributed by atoms with van der Waals surface area (Å²) in [5.74, 6) is 1.91. The molecule has 2 aromatic carbocycles. The number of benzene rings is 2. The van der Waals surface area contributed by atoms with Crippen LogP contribution in [0.3, 0.4) is 0 Å². The van der Waals surface area contributed by atoms with Crippen LogP contribution in [0, 0.1) is 0 Å². The molecule has 1 aliphatic carbocycles. The largest absolute Gasteiger partial charge is 0.485 e. The van der Waals surface area contributed by atoms with E-state index in [1.807, 2.05) is 12.1 Å². The summed E-state index contributed by atoms with van der Waals surface area (Å²) in [7, 11) is 0. The molecule has 5 rings (SSSR count). The lowest BCUT2D eigenvalue weighted by molar-refractivity contribution is -0.111. The fourth-order valence-corrected chi connectivity index (χ4v) is 4.29. The zero-order valence-corrected chi connectivity index (χ0v) is 17.7. The number of carbonyl (C=O) groups excluding carboxylic acids is 1. The molecule has 8 nitrogen and oxygen atoms in total. The van der Waals surface area contributed by atoms with E-state index < -0.39 is 6.10 Å². The SMILES string of the molecule is O=C(/C=C/c1ccc(C2CCCCC2)cc1)Nc1cccc2c1OC(c1nnn[nH]1)CO2. The maximum absolute atomic E-state index is 12.6. The van der Waals surface area contributed by atoms with Gasteiger partial charge in [0, 0.05) is 6.08 Å². The molecule has 1 unspecified atom stereocenters. The smallest absolute Gasteiger partial charge is 0.248 e. The Hall–Kier alpha value is -3.68. The third kappa shape index (κ3) is 4.49. The Morgan fingerprint density at radius 1 is 1.09 bits per heavy atom. The van der Waals surface area contributed by atoms with Gasteiger partial charge in [-0.3, -0.25) is 4.79 Å². The standard InChI is InChI=1S/C24H25N5O3/c30-22(14-11-16-9-12-18(13-10-16)17-5-2-1-3-6-17)25-19-7-4-8-20-23(19)32-21(15-31-20)24-26-28-29-27-24/h4,7-14,17,21H,1-3,5-6,15H2,(H,25,30)(H,26,27,28,29)/b14-11+. The molecule has 0 radical (unpaired) electrons. The molecular weight excluding hydrogens is 406 g/mol. The Balaban J connectivity index is 1.24. The first-order valence-electron chi connectivity index (χ1n) is 11.0. The first kappa shape index (κ1) is 20.2. The maximum Gasteiger partial charge on any atom is 0.248 e. The van der Waals surface area contributed by atoms with Crippen LogP contribution in [-0.2, 0) is 4.79 Å². The molecule has 1 atom stereocenters. The minimum absolute atomic E-state index is 0.248. The van der Waals surface area contributed by atoms with Gasteiger partial charge in [-0.2, -0.15) is 0 Å². The van der Waals surface area contributed by atoms with Crippen LogP contribution < -0.4 is 14.8 Å². The molecule has 0 bridgehead atoms. The van der Waals surface area contributed by atoms with E-state index in [1.54, 1.807) is 12.1 Å². The van der Waals surface area contributed by atoms with E-state index in [0.717, 1.165) is 5.56 Å². The summed E-state index contributed by atoms with van der Waals surface area (Å²) in [6.07, 6.45) is 9.41. The van der Waals surface area contributed by atoms with Crippen molar-refractivity contribution in [3.05, 3.63) is 65.5 Å². The van der Waals surface area contributed by atoms with Gasteiger partial charge < -0.3 is 14.8 Å². The second-order valence-corrected chi connectivity index (χ2v) is 8.16. The van der Waals surface area contributed by atoms with Gasteiger partial charge in [-0.25, -0.2) is 5.10 Å². The number of fused-ring (bicyclic) bond motifs is 1. The highest BCUT2D eigenvalue weighted by Crippen LogP contribution is 2.41. The van der Waals surface area contributed by atoms with Crippen LogP contribution in [0.25, 0.3) is 6.08 Å². The zero-order chi connectivity index (χ0) is 21.8.